The van der Waals surface area contributed by atoms with Gasteiger partial charge in [0.15, 0.2) is 5.54 Å². The second kappa shape index (κ2) is 4.52. The molecule has 0 aliphatic carbocycles. The van der Waals surface area contributed by atoms with Gasteiger partial charge in [0.25, 0.3) is 0 Å². The highest BCUT2D eigenvalue weighted by Crippen LogP contribution is 2.23. The Hall–Kier alpha value is -1.30. The Kier molecular flexibility index (Phi) is 3.66. The van der Waals surface area contributed by atoms with Gasteiger partial charge in [0.05, 0.1) is 13.2 Å². The van der Waals surface area contributed by atoms with Crippen molar-refractivity contribution >= 4 is 12.1 Å². The van der Waals surface area contributed by atoms with Crippen molar-refractivity contribution in [3.8, 4) is 0 Å². The first-order valence-electron chi connectivity index (χ1n) is 5.48. The maximum Gasteiger partial charge on any atom is 0.411 e. The molecule has 1 saturated heterocycles. The number of morpholine rings is 1. The van der Waals surface area contributed by atoms with Crippen LogP contribution in [0.1, 0.15) is 27.7 Å². The van der Waals surface area contributed by atoms with Crippen LogP contribution in [0.4, 0.5) is 4.79 Å². The maximum atomic E-state index is 11.9. The summed E-state index contributed by atoms with van der Waals surface area (Å²) in [7, 11) is 0. The molecule has 0 spiro atoms. The Morgan fingerprint density at radius 2 is 2.00 bits per heavy atom. The zero-order valence-electron chi connectivity index (χ0n) is 10.6. The summed E-state index contributed by atoms with van der Waals surface area (Å²) in [6, 6.07) is 0. The van der Waals surface area contributed by atoms with Gasteiger partial charge in [-0.2, -0.15) is 0 Å². The highest BCUT2D eigenvalue weighted by Gasteiger charge is 2.46. The summed E-state index contributed by atoms with van der Waals surface area (Å²) < 4.78 is 10.3. The summed E-state index contributed by atoms with van der Waals surface area (Å²) in [4.78, 5) is 24.4. The van der Waals surface area contributed by atoms with Crippen LogP contribution in [-0.2, 0) is 14.3 Å². The van der Waals surface area contributed by atoms with Crippen LogP contribution in [0.15, 0.2) is 0 Å². The summed E-state index contributed by atoms with van der Waals surface area (Å²) in [5.74, 6) is -1.09. The maximum absolute atomic E-state index is 11.9. The number of carboxylic acid groups (broad SMARTS) is 1. The molecule has 1 atom stereocenters. The van der Waals surface area contributed by atoms with Crippen molar-refractivity contribution in [3.63, 3.8) is 0 Å². The highest BCUT2D eigenvalue weighted by molar-refractivity contribution is 5.84. The molecule has 98 valence electrons. The van der Waals surface area contributed by atoms with E-state index in [0.717, 1.165) is 0 Å². The molecule has 1 fully saturated rings. The number of nitrogens with zero attached hydrogens (tertiary/aromatic N) is 1. The molecule has 1 N–H and O–H groups in total. The number of hydrogen-bond acceptors (Lipinski definition) is 4. The fourth-order valence-electron chi connectivity index (χ4n) is 1.54. The van der Waals surface area contributed by atoms with Crippen molar-refractivity contribution in [2.45, 2.75) is 38.8 Å². The number of carbonyl (C=O) groups excluding carboxylic acids is 1. The SMILES string of the molecule is CC(C)(C)OC(=O)N1CCOC[C@]1(C)C(=O)O. The molecule has 0 aromatic carbocycles. The lowest BCUT2D eigenvalue weighted by molar-refractivity contribution is -0.160. The first kappa shape index (κ1) is 13.8. The molecule has 0 bridgehead atoms. The third-order valence-electron chi connectivity index (χ3n) is 2.51. The lowest BCUT2D eigenvalue weighted by Crippen LogP contribution is -2.62. The Morgan fingerprint density at radius 3 is 2.47 bits per heavy atom. The van der Waals surface area contributed by atoms with E-state index in [4.69, 9.17) is 9.47 Å². The molecule has 1 heterocycles. The Bertz CT molecular complexity index is 322. The van der Waals surface area contributed by atoms with Crippen LogP contribution in [0.2, 0.25) is 0 Å². The van der Waals surface area contributed by atoms with Gasteiger partial charge in [-0.3, -0.25) is 4.90 Å². The van der Waals surface area contributed by atoms with Gasteiger partial charge in [0.1, 0.15) is 5.60 Å². The molecule has 0 aromatic heterocycles. The Morgan fingerprint density at radius 1 is 1.41 bits per heavy atom. The predicted octanol–water partition coefficient (Wildman–Crippen LogP) is 1.10. The summed E-state index contributed by atoms with van der Waals surface area (Å²) in [5.41, 5.74) is -2.00. The highest BCUT2D eigenvalue weighted by atomic mass is 16.6. The van der Waals surface area contributed by atoms with Crippen molar-refractivity contribution in [2.75, 3.05) is 19.8 Å². The van der Waals surface area contributed by atoms with Crippen molar-refractivity contribution in [3.05, 3.63) is 0 Å². The molecule has 0 aromatic rings. The fourth-order valence-corrected chi connectivity index (χ4v) is 1.54. The minimum atomic E-state index is -1.36. The zero-order chi connectivity index (χ0) is 13.3. The predicted molar refractivity (Wildman–Crippen MR) is 59.8 cm³/mol. The van der Waals surface area contributed by atoms with E-state index in [1.54, 1.807) is 20.8 Å². The van der Waals surface area contributed by atoms with Gasteiger partial charge >= 0.3 is 12.1 Å². The van der Waals surface area contributed by atoms with E-state index in [1.807, 2.05) is 0 Å². The van der Waals surface area contributed by atoms with Gasteiger partial charge in [-0.25, -0.2) is 9.59 Å². The molecule has 1 rings (SSSR count). The third kappa shape index (κ3) is 3.09. The summed E-state index contributed by atoms with van der Waals surface area (Å²) >= 11 is 0. The third-order valence-corrected chi connectivity index (χ3v) is 2.51. The van der Waals surface area contributed by atoms with E-state index in [1.165, 1.54) is 11.8 Å². The van der Waals surface area contributed by atoms with Gasteiger partial charge in [-0.15, -0.1) is 0 Å². The molecule has 1 aliphatic heterocycles. The number of ether oxygens (including phenoxy) is 2. The number of carbonyl (C=O) groups is 2. The van der Waals surface area contributed by atoms with Crippen LogP contribution in [0.5, 0.6) is 0 Å². The van der Waals surface area contributed by atoms with Gasteiger partial charge in [-0.05, 0) is 27.7 Å². The molecule has 0 saturated carbocycles. The quantitative estimate of drug-likeness (QED) is 0.748. The van der Waals surface area contributed by atoms with Crippen LogP contribution >= 0.6 is 0 Å². The van der Waals surface area contributed by atoms with Gasteiger partial charge in [0.2, 0.25) is 0 Å². The van der Waals surface area contributed by atoms with Gasteiger partial charge in [-0.1, -0.05) is 0 Å². The Labute approximate surface area is 100 Å². The largest absolute Gasteiger partial charge is 0.479 e. The van der Waals surface area contributed by atoms with Crippen LogP contribution in [0, 0.1) is 0 Å². The zero-order valence-corrected chi connectivity index (χ0v) is 10.6. The van der Waals surface area contributed by atoms with E-state index in [9.17, 15) is 14.7 Å². The number of aliphatic carboxylic acids is 1. The monoisotopic (exact) mass is 245 g/mol. The number of rotatable bonds is 1. The molecule has 6 nitrogen and oxygen atoms in total. The standard InChI is InChI=1S/C11H19NO5/c1-10(2,3)17-9(15)12-5-6-16-7-11(12,4)8(13)14/h5-7H2,1-4H3,(H,13,14)/t11-/m1/s1. The summed E-state index contributed by atoms with van der Waals surface area (Å²) in [5, 5.41) is 9.19. The minimum absolute atomic E-state index is 0.0262. The molecular weight excluding hydrogens is 226 g/mol. The van der Waals surface area contributed by atoms with Crippen LogP contribution in [0.25, 0.3) is 0 Å². The molecule has 6 heteroatoms. The normalized spacial score (nSPS) is 25.5. The fraction of sp³-hybridized carbons (Fsp3) is 0.818. The van der Waals surface area contributed by atoms with E-state index < -0.39 is 23.2 Å². The van der Waals surface area contributed by atoms with Crippen LogP contribution in [0.3, 0.4) is 0 Å². The summed E-state index contributed by atoms with van der Waals surface area (Å²) in [6.45, 7) is 7.19. The van der Waals surface area contributed by atoms with E-state index >= 15 is 0 Å². The molecule has 0 unspecified atom stereocenters. The molecular formula is C11H19NO5. The van der Waals surface area contributed by atoms with Crippen LogP contribution in [-0.4, -0.2) is 53.0 Å². The van der Waals surface area contributed by atoms with Crippen molar-refractivity contribution in [1.29, 1.82) is 0 Å². The van der Waals surface area contributed by atoms with Crippen LogP contribution < -0.4 is 0 Å². The van der Waals surface area contributed by atoms with Gasteiger partial charge < -0.3 is 14.6 Å². The first-order valence-corrected chi connectivity index (χ1v) is 5.48. The van der Waals surface area contributed by atoms with Gasteiger partial charge in [0, 0.05) is 6.54 Å². The first-order chi connectivity index (χ1) is 7.67. The van der Waals surface area contributed by atoms with Crippen molar-refractivity contribution in [2.24, 2.45) is 0 Å². The van der Waals surface area contributed by atoms with E-state index in [-0.39, 0.29) is 13.2 Å². The average molecular weight is 245 g/mol. The van der Waals surface area contributed by atoms with E-state index in [2.05, 4.69) is 0 Å². The second-order valence-electron chi connectivity index (χ2n) is 5.26. The smallest absolute Gasteiger partial charge is 0.411 e. The Balaban J connectivity index is 2.86. The average Bonchev–Trinajstić information content (AvgIpc) is 2.15. The van der Waals surface area contributed by atoms with Crippen molar-refractivity contribution < 1.29 is 24.2 Å². The minimum Gasteiger partial charge on any atom is -0.479 e. The topological polar surface area (TPSA) is 76.1 Å². The summed E-state index contributed by atoms with van der Waals surface area (Å²) in [6.07, 6.45) is -0.620. The second-order valence-corrected chi connectivity index (χ2v) is 5.26. The number of carboxylic acids is 1. The molecule has 17 heavy (non-hydrogen) atoms. The lowest BCUT2D eigenvalue weighted by Gasteiger charge is -2.41. The number of amides is 1. The van der Waals surface area contributed by atoms with Crippen molar-refractivity contribution in [1.82, 2.24) is 4.90 Å². The lowest BCUT2D eigenvalue weighted by atomic mass is 10.0. The molecule has 0 radical (unpaired) electrons. The molecule has 1 aliphatic rings. The van der Waals surface area contributed by atoms with E-state index in [0.29, 0.717) is 6.61 Å². The molecule has 1 amide bonds. The number of hydrogen-bond donors (Lipinski definition) is 1.